The fourth-order valence-electron chi connectivity index (χ4n) is 3.18. The second kappa shape index (κ2) is 9.20. The lowest BCUT2D eigenvalue weighted by molar-refractivity contribution is -0.138. The second-order valence-electron chi connectivity index (χ2n) is 6.72. The zero-order chi connectivity index (χ0) is 19.9. The number of ether oxygens (including phenoxy) is 1. The van der Waals surface area contributed by atoms with Crippen molar-refractivity contribution < 1.29 is 23.9 Å². The van der Waals surface area contributed by atoms with Gasteiger partial charge in [-0.1, -0.05) is 30.3 Å². The Morgan fingerprint density at radius 3 is 2.46 bits per heavy atom. The molecular weight excluding hydrogens is 364 g/mol. The van der Waals surface area contributed by atoms with Crippen LogP contribution in [0.5, 0.6) is 0 Å². The summed E-state index contributed by atoms with van der Waals surface area (Å²) in [5, 5.41) is 2.56. The molecule has 2 aliphatic rings. The van der Waals surface area contributed by atoms with E-state index in [-0.39, 0.29) is 31.4 Å². The van der Waals surface area contributed by atoms with E-state index in [9.17, 15) is 19.2 Å². The molecule has 0 aromatic heterocycles. The molecule has 2 aliphatic heterocycles. The lowest BCUT2D eigenvalue weighted by Gasteiger charge is -2.28. The molecule has 9 heteroatoms. The van der Waals surface area contributed by atoms with Gasteiger partial charge in [0, 0.05) is 39.1 Å². The van der Waals surface area contributed by atoms with Gasteiger partial charge in [0.1, 0.15) is 13.2 Å². The van der Waals surface area contributed by atoms with Gasteiger partial charge in [0.15, 0.2) is 0 Å². The molecule has 1 aromatic carbocycles. The summed E-state index contributed by atoms with van der Waals surface area (Å²) in [5.74, 6) is -0.650. The topological polar surface area (TPSA) is 99.3 Å². The van der Waals surface area contributed by atoms with Gasteiger partial charge in [-0.05, 0) is 12.0 Å². The Morgan fingerprint density at radius 1 is 1.00 bits per heavy atom. The molecule has 2 fully saturated rings. The van der Waals surface area contributed by atoms with Crippen LogP contribution in [0.3, 0.4) is 0 Å². The molecule has 150 valence electrons. The third kappa shape index (κ3) is 4.99. The van der Waals surface area contributed by atoms with Gasteiger partial charge in [0.25, 0.3) is 0 Å². The molecule has 2 heterocycles. The molecule has 5 amide bonds. The molecular formula is C19H24N4O5. The Bertz CT molecular complexity index is 723. The van der Waals surface area contributed by atoms with Gasteiger partial charge < -0.3 is 19.9 Å². The number of carbonyl (C=O) groups excluding carboxylic acids is 4. The highest BCUT2D eigenvalue weighted by atomic mass is 16.6. The van der Waals surface area contributed by atoms with E-state index in [1.165, 1.54) is 0 Å². The number of rotatable bonds is 4. The molecule has 0 unspecified atom stereocenters. The van der Waals surface area contributed by atoms with Crippen molar-refractivity contribution in [2.75, 3.05) is 39.3 Å². The molecule has 2 saturated heterocycles. The van der Waals surface area contributed by atoms with Crippen LogP contribution < -0.4 is 5.32 Å². The first-order valence-corrected chi connectivity index (χ1v) is 9.36. The van der Waals surface area contributed by atoms with Crippen LogP contribution >= 0.6 is 0 Å². The summed E-state index contributed by atoms with van der Waals surface area (Å²) in [5.41, 5.74) is 0.909. The highest BCUT2D eigenvalue weighted by molar-refractivity contribution is 6.00. The molecule has 3 rings (SSSR count). The lowest BCUT2D eigenvalue weighted by atomic mass is 10.2. The van der Waals surface area contributed by atoms with E-state index in [4.69, 9.17) is 4.74 Å². The van der Waals surface area contributed by atoms with Crippen molar-refractivity contribution in [3.05, 3.63) is 35.9 Å². The smallest absolute Gasteiger partial charge is 0.410 e. The molecule has 0 aliphatic carbocycles. The van der Waals surface area contributed by atoms with Crippen molar-refractivity contribution in [1.29, 1.82) is 0 Å². The molecule has 0 spiro atoms. The number of nitrogens with zero attached hydrogens (tertiary/aromatic N) is 3. The molecule has 9 nitrogen and oxygen atoms in total. The van der Waals surface area contributed by atoms with Crippen LogP contribution in [0.15, 0.2) is 30.3 Å². The standard InChI is InChI=1S/C19H24N4O5/c24-16-7-8-20-18(26)23(16)13-17(25)21-9-4-10-22(12-11-21)19(27)28-14-15-5-2-1-3-6-15/h1-3,5-6H,4,7-14H2,(H,20,26). The van der Waals surface area contributed by atoms with Crippen molar-refractivity contribution in [3.63, 3.8) is 0 Å². The SMILES string of the molecule is O=C(CN1C(=O)CCNC1=O)N1CCCN(C(=O)OCc2ccccc2)CC1. The lowest BCUT2D eigenvalue weighted by Crippen LogP contribution is -2.53. The summed E-state index contributed by atoms with van der Waals surface area (Å²) in [6.07, 6.45) is 0.385. The maximum Gasteiger partial charge on any atom is 0.410 e. The molecule has 0 radical (unpaired) electrons. The Balaban J connectivity index is 1.48. The van der Waals surface area contributed by atoms with Crippen LogP contribution in [0, 0.1) is 0 Å². The number of amides is 5. The maximum absolute atomic E-state index is 12.5. The van der Waals surface area contributed by atoms with Gasteiger partial charge in [-0.3, -0.25) is 14.5 Å². The van der Waals surface area contributed by atoms with Gasteiger partial charge in [-0.2, -0.15) is 0 Å². The number of hydrogen-bond donors (Lipinski definition) is 1. The summed E-state index contributed by atoms with van der Waals surface area (Å²) in [6, 6.07) is 8.89. The van der Waals surface area contributed by atoms with Gasteiger partial charge in [-0.25, -0.2) is 9.59 Å². The zero-order valence-corrected chi connectivity index (χ0v) is 15.6. The van der Waals surface area contributed by atoms with Gasteiger partial charge in [0.05, 0.1) is 0 Å². The number of hydrogen-bond acceptors (Lipinski definition) is 5. The van der Waals surface area contributed by atoms with Gasteiger partial charge >= 0.3 is 12.1 Å². The monoisotopic (exact) mass is 388 g/mol. The quantitative estimate of drug-likeness (QED) is 0.823. The summed E-state index contributed by atoms with van der Waals surface area (Å²) in [6.45, 7) is 1.86. The first-order chi connectivity index (χ1) is 13.5. The van der Waals surface area contributed by atoms with Crippen LogP contribution in [0.2, 0.25) is 0 Å². The summed E-state index contributed by atoms with van der Waals surface area (Å²) < 4.78 is 5.35. The largest absolute Gasteiger partial charge is 0.445 e. The zero-order valence-electron chi connectivity index (χ0n) is 15.6. The number of benzene rings is 1. The van der Waals surface area contributed by atoms with Crippen molar-refractivity contribution in [1.82, 2.24) is 20.0 Å². The third-order valence-corrected chi connectivity index (χ3v) is 4.77. The first kappa shape index (κ1) is 19.7. The molecule has 0 saturated carbocycles. The molecule has 0 bridgehead atoms. The predicted octanol–water partition coefficient (Wildman–Crippen LogP) is 0.799. The predicted molar refractivity (Wildman–Crippen MR) is 99.1 cm³/mol. The van der Waals surface area contributed by atoms with E-state index in [2.05, 4.69) is 5.32 Å². The number of carbonyl (C=O) groups is 4. The van der Waals surface area contributed by atoms with Crippen molar-refractivity contribution in [2.24, 2.45) is 0 Å². The Labute approximate surface area is 163 Å². The second-order valence-corrected chi connectivity index (χ2v) is 6.72. The molecule has 1 aromatic rings. The van der Waals surface area contributed by atoms with E-state index in [0.717, 1.165) is 10.5 Å². The minimum Gasteiger partial charge on any atom is -0.445 e. The van der Waals surface area contributed by atoms with E-state index < -0.39 is 12.1 Å². The van der Waals surface area contributed by atoms with E-state index in [0.29, 0.717) is 39.1 Å². The fraction of sp³-hybridized carbons (Fsp3) is 0.474. The third-order valence-electron chi connectivity index (χ3n) is 4.77. The van der Waals surface area contributed by atoms with E-state index >= 15 is 0 Å². The van der Waals surface area contributed by atoms with Gasteiger partial charge in [0.2, 0.25) is 11.8 Å². The number of urea groups is 1. The normalized spacial score (nSPS) is 17.8. The van der Waals surface area contributed by atoms with Crippen molar-refractivity contribution in [3.8, 4) is 0 Å². The number of nitrogens with one attached hydrogen (secondary N) is 1. The van der Waals surface area contributed by atoms with Crippen molar-refractivity contribution >= 4 is 23.9 Å². The van der Waals surface area contributed by atoms with Crippen LogP contribution in [-0.4, -0.2) is 77.9 Å². The van der Waals surface area contributed by atoms with Crippen LogP contribution in [-0.2, 0) is 20.9 Å². The summed E-state index contributed by atoms with van der Waals surface area (Å²) >= 11 is 0. The molecule has 1 N–H and O–H groups in total. The Kier molecular flexibility index (Phi) is 6.46. The average molecular weight is 388 g/mol. The van der Waals surface area contributed by atoms with E-state index in [1.54, 1.807) is 9.80 Å². The van der Waals surface area contributed by atoms with Crippen LogP contribution in [0.1, 0.15) is 18.4 Å². The summed E-state index contributed by atoms with van der Waals surface area (Å²) in [7, 11) is 0. The highest BCUT2D eigenvalue weighted by Gasteiger charge is 2.30. The number of imide groups is 1. The first-order valence-electron chi connectivity index (χ1n) is 9.36. The van der Waals surface area contributed by atoms with Gasteiger partial charge in [-0.15, -0.1) is 0 Å². The molecule has 28 heavy (non-hydrogen) atoms. The average Bonchev–Trinajstić information content (AvgIpc) is 2.96. The van der Waals surface area contributed by atoms with Crippen LogP contribution in [0.4, 0.5) is 9.59 Å². The van der Waals surface area contributed by atoms with Crippen LogP contribution in [0.25, 0.3) is 0 Å². The minimum atomic E-state index is -0.537. The van der Waals surface area contributed by atoms with E-state index in [1.807, 2.05) is 30.3 Å². The fourth-order valence-corrected chi connectivity index (χ4v) is 3.18. The summed E-state index contributed by atoms with van der Waals surface area (Å²) in [4.78, 5) is 52.5. The van der Waals surface area contributed by atoms with Crippen molar-refractivity contribution in [2.45, 2.75) is 19.4 Å². The minimum absolute atomic E-state index is 0.194. The Morgan fingerprint density at radius 2 is 1.71 bits per heavy atom. The Hall–Kier alpha value is -3.10. The maximum atomic E-state index is 12.5. The molecule has 0 atom stereocenters. The highest BCUT2D eigenvalue weighted by Crippen LogP contribution is 2.09.